The number of halogens is 1. The quantitative estimate of drug-likeness (QED) is 0.437. The summed E-state index contributed by atoms with van der Waals surface area (Å²) in [5, 5.41) is 3.01. The monoisotopic (exact) mass is 309 g/mol. The van der Waals surface area contributed by atoms with Crippen molar-refractivity contribution in [3.05, 3.63) is 0 Å². The van der Waals surface area contributed by atoms with Gasteiger partial charge in [-0.2, -0.15) is 0 Å². The minimum Gasteiger partial charge on any atom is -0.356 e. The Balaban J connectivity index is 1.86. The molecule has 1 fully saturated rings. The molecule has 14 heavy (non-hydrogen) atoms. The van der Waals surface area contributed by atoms with Gasteiger partial charge in [0, 0.05) is 12.5 Å². The van der Waals surface area contributed by atoms with E-state index in [9.17, 15) is 4.79 Å². The highest BCUT2D eigenvalue weighted by Crippen LogP contribution is 2.37. The summed E-state index contributed by atoms with van der Waals surface area (Å²) >= 11 is 2.41. The molecule has 0 heterocycles. The smallest absolute Gasteiger partial charge is 0.223 e. The molecule has 0 radical (unpaired) electrons. The molecule has 0 aromatic heterocycles. The summed E-state index contributed by atoms with van der Waals surface area (Å²) in [5.41, 5.74) is 0. The van der Waals surface area contributed by atoms with Gasteiger partial charge < -0.3 is 5.32 Å². The van der Waals surface area contributed by atoms with Crippen LogP contribution >= 0.6 is 22.6 Å². The maximum atomic E-state index is 11.4. The lowest BCUT2D eigenvalue weighted by Gasteiger charge is -2.03. The molecule has 1 rings (SSSR count). The van der Waals surface area contributed by atoms with Crippen molar-refractivity contribution in [3.63, 3.8) is 0 Å². The highest BCUT2D eigenvalue weighted by atomic mass is 127. The van der Waals surface area contributed by atoms with Gasteiger partial charge in [-0.1, -0.05) is 42.4 Å². The molecular weight excluding hydrogens is 289 g/mol. The molecule has 0 saturated heterocycles. The summed E-state index contributed by atoms with van der Waals surface area (Å²) in [6.45, 7) is 3.02. The first-order chi connectivity index (χ1) is 6.75. The molecule has 2 atom stereocenters. The molecule has 2 nitrogen and oxygen atoms in total. The number of nitrogens with one attached hydrogen (secondary N) is 1. The van der Waals surface area contributed by atoms with E-state index in [0.29, 0.717) is 11.8 Å². The van der Waals surface area contributed by atoms with Crippen molar-refractivity contribution in [2.45, 2.75) is 39.0 Å². The number of carbonyl (C=O) groups is 1. The van der Waals surface area contributed by atoms with Crippen LogP contribution < -0.4 is 5.32 Å². The van der Waals surface area contributed by atoms with Gasteiger partial charge in [0.05, 0.1) is 0 Å². The zero-order valence-corrected chi connectivity index (χ0v) is 11.0. The van der Waals surface area contributed by atoms with Gasteiger partial charge in [-0.15, -0.1) is 0 Å². The van der Waals surface area contributed by atoms with Crippen LogP contribution in [0, 0.1) is 11.8 Å². The largest absolute Gasteiger partial charge is 0.356 e. The van der Waals surface area contributed by atoms with Gasteiger partial charge in [0.25, 0.3) is 0 Å². The summed E-state index contributed by atoms with van der Waals surface area (Å²) in [6, 6.07) is 0. The Hall–Kier alpha value is 0.200. The number of carbonyl (C=O) groups excluding carboxylic acids is 1. The average molecular weight is 309 g/mol. The van der Waals surface area contributed by atoms with E-state index in [1.165, 1.54) is 23.7 Å². The fraction of sp³-hybridized carbons (Fsp3) is 0.909. The first kappa shape index (κ1) is 12.3. The summed E-state index contributed by atoms with van der Waals surface area (Å²) in [7, 11) is 0. The average Bonchev–Trinajstić information content (AvgIpc) is 2.88. The predicted octanol–water partition coefficient (Wildman–Crippen LogP) is 2.75. The Morgan fingerprint density at radius 2 is 2.00 bits per heavy atom. The maximum absolute atomic E-state index is 11.4. The molecule has 82 valence electrons. The van der Waals surface area contributed by atoms with Crippen LogP contribution in [0.25, 0.3) is 0 Å². The van der Waals surface area contributed by atoms with Crippen molar-refractivity contribution in [2.24, 2.45) is 11.8 Å². The Morgan fingerprint density at radius 1 is 1.36 bits per heavy atom. The van der Waals surface area contributed by atoms with Crippen LogP contribution in [-0.4, -0.2) is 16.9 Å². The van der Waals surface area contributed by atoms with Gasteiger partial charge in [-0.05, 0) is 29.6 Å². The zero-order valence-electron chi connectivity index (χ0n) is 8.89. The molecule has 0 aliphatic heterocycles. The number of rotatable bonds is 7. The standard InChI is InChI=1S/C11H20INO/c1-9-8-10(9)11(14)13-7-5-3-2-4-6-12/h9-10H,2-8H2,1H3,(H,13,14). The second-order valence-corrected chi connectivity index (χ2v) is 5.29. The van der Waals surface area contributed by atoms with E-state index in [2.05, 4.69) is 34.8 Å². The highest BCUT2D eigenvalue weighted by Gasteiger charge is 2.38. The van der Waals surface area contributed by atoms with Gasteiger partial charge in [0.2, 0.25) is 5.91 Å². The fourth-order valence-corrected chi connectivity index (χ4v) is 2.14. The van der Waals surface area contributed by atoms with E-state index in [-0.39, 0.29) is 5.91 Å². The molecule has 3 heteroatoms. The van der Waals surface area contributed by atoms with Crippen LogP contribution in [0.15, 0.2) is 0 Å². The van der Waals surface area contributed by atoms with E-state index in [1.54, 1.807) is 0 Å². The van der Waals surface area contributed by atoms with E-state index in [4.69, 9.17) is 0 Å². The van der Waals surface area contributed by atoms with Crippen molar-refractivity contribution < 1.29 is 4.79 Å². The van der Waals surface area contributed by atoms with Crippen molar-refractivity contribution in [1.29, 1.82) is 0 Å². The summed E-state index contributed by atoms with van der Waals surface area (Å²) < 4.78 is 1.25. The molecule has 1 aliphatic carbocycles. The molecular formula is C11H20INO. The minimum absolute atomic E-state index is 0.284. The van der Waals surface area contributed by atoms with Gasteiger partial charge >= 0.3 is 0 Å². The topological polar surface area (TPSA) is 29.1 Å². The number of hydrogen-bond donors (Lipinski definition) is 1. The van der Waals surface area contributed by atoms with E-state index >= 15 is 0 Å². The SMILES string of the molecule is CC1CC1C(=O)NCCCCCCI. The summed E-state index contributed by atoms with van der Waals surface area (Å²) in [4.78, 5) is 11.4. The van der Waals surface area contributed by atoms with Gasteiger partial charge in [-0.25, -0.2) is 0 Å². The molecule has 1 saturated carbocycles. The van der Waals surface area contributed by atoms with Gasteiger partial charge in [0.15, 0.2) is 0 Å². The second-order valence-electron chi connectivity index (χ2n) is 4.21. The summed E-state index contributed by atoms with van der Waals surface area (Å²) in [6.07, 6.45) is 6.11. The molecule has 1 N–H and O–H groups in total. The highest BCUT2D eigenvalue weighted by molar-refractivity contribution is 14.1. The molecule has 0 aromatic rings. The Labute approximate surface area is 100 Å². The van der Waals surface area contributed by atoms with Crippen LogP contribution in [0.5, 0.6) is 0 Å². The van der Waals surface area contributed by atoms with Crippen LogP contribution in [0.3, 0.4) is 0 Å². The third kappa shape index (κ3) is 4.62. The van der Waals surface area contributed by atoms with Crippen molar-refractivity contribution in [3.8, 4) is 0 Å². The Morgan fingerprint density at radius 3 is 2.57 bits per heavy atom. The molecule has 1 aliphatic rings. The molecule has 2 unspecified atom stereocenters. The normalized spacial score (nSPS) is 24.7. The third-order valence-corrected chi connectivity index (χ3v) is 3.57. The van der Waals surface area contributed by atoms with Crippen molar-refractivity contribution in [2.75, 3.05) is 11.0 Å². The number of amides is 1. The lowest BCUT2D eigenvalue weighted by molar-refractivity contribution is -0.122. The van der Waals surface area contributed by atoms with Crippen LogP contribution in [-0.2, 0) is 4.79 Å². The van der Waals surface area contributed by atoms with E-state index < -0.39 is 0 Å². The third-order valence-electron chi connectivity index (χ3n) is 2.81. The summed E-state index contributed by atoms with van der Waals surface area (Å²) in [5.74, 6) is 1.25. The molecule has 0 bridgehead atoms. The van der Waals surface area contributed by atoms with E-state index in [0.717, 1.165) is 19.4 Å². The second kappa shape index (κ2) is 6.64. The van der Waals surface area contributed by atoms with Crippen molar-refractivity contribution >= 4 is 28.5 Å². The maximum Gasteiger partial charge on any atom is 0.223 e. The van der Waals surface area contributed by atoms with Crippen LogP contribution in [0.2, 0.25) is 0 Å². The van der Waals surface area contributed by atoms with Crippen LogP contribution in [0.1, 0.15) is 39.0 Å². The first-order valence-corrected chi connectivity index (χ1v) is 7.12. The first-order valence-electron chi connectivity index (χ1n) is 5.59. The molecule has 0 spiro atoms. The van der Waals surface area contributed by atoms with Crippen molar-refractivity contribution in [1.82, 2.24) is 5.32 Å². The molecule has 1 amide bonds. The number of hydrogen-bond acceptors (Lipinski definition) is 1. The fourth-order valence-electron chi connectivity index (χ4n) is 1.60. The Bertz CT molecular complexity index is 184. The lowest BCUT2D eigenvalue weighted by Crippen LogP contribution is -2.26. The number of unbranched alkanes of at least 4 members (excludes halogenated alkanes) is 3. The van der Waals surface area contributed by atoms with Gasteiger partial charge in [-0.3, -0.25) is 4.79 Å². The lowest BCUT2D eigenvalue weighted by atomic mass is 10.2. The van der Waals surface area contributed by atoms with E-state index in [1.807, 2.05) is 0 Å². The number of alkyl halides is 1. The van der Waals surface area contributed by atoms with Crippen LogP contribution in [0.4, 0.5) is 0 Å². The zero-order chi connectivity index (χ0) is 10.4. The van der Waals surface area contributed by atoms with Gasteiger partial charge in [0.1, 0.15) is 0 Å². The minimum atomic E-state index is 0.284. The molecule has 0 aromatic carbocycles. The predicted molar refractivity (Wildman–Crippen MR) is 67.6 cm³/mol. The Kier molecular flexibility index (Phi) is 5.82.